The van der Waals surface area contributed by atoms with E-state index in [2.05, 4.69) is 14.8 Å². The van der Waals surface area contributed by atoms with Gasteiger partial charge >= 0.3 is 0 Å². The highest BCUT2D eigenvalue weighted by Crippen LogP contribution is 2.29. The van der Waals surface area contributed by atoms with Gasteiger partial charge in [-0.2, -0.15) is 5.10 Å². The van der Waals surface area contributed by atoms with Gasteiger partial charge in [0.1, 0.15) is 10.6 Å². The van der Waals surface area contributed by atoms with Crippen LogP contribution in [0.3, 0.4) is 0 Å². The van der Waals surface area contributed by atoms with Crippen LogP contribution in [0.5, 0.6) is 0 Å². The summed E-state index contributed by atoms with van der Waals surface area (Å²) < 4.78 is 29.8. The van der Waals surface area contributed by atoms with Gasteiger partial charge in [-0.15, -0.1) is 11.3 Å². The molecule has 0 aliphatic heterocycles. The molecular formula is C18H18N4O2S2. The second-order valence-corrected chi connectivity index (χ2v) is 8.68. The number of fused-ring (bicyclic) bond motifs is 1. The summed E-state index contributed by atoms with van der Waals surface area (Å²) in [6.07, 6.45) is 4.08. The minimum atomic E-state index is -3.64. The normalized spacial score (nSPS) is 12.0. The molecule has 3 heterocycles. The Hall–Kier alpha value is -2.42. The lowest BCUT2D eigenvalue weighted by Gasteiger charge is -2.06. The van der Waals surface area contributed by atoms with Crippen molar-refractivity contribution < 1.29 is 8.42 Å². The molecular weight excluding hydrogens is 368 g/mol. The van der Waals surface area contributed by atoms with Crippen LogP contribution in [0.4, 0.5) is 0 Å². The molecule has 4 rings (SSSR count). The summed E-state index contributed by atoms with van der Waals surface area (Å²) in [5.74, 6) is 0. The Morgan fingerprint density at radius 3 is 2.88 bits per heavy atom. The van der Waals surface area contributed by atoms with Crippen molar-refractivity contribution in [2.75, 3.05) is 6.54 Å². The largest absolute Gasteiger partial charge is 0.361 e. The van der Waals surface area contributed by atoms with Crippen molar-refractivity contribution in [3.8, 4) is 10.6 Å². The van der Waals surface area contributed by atoms with E-state index in [0.29, 0.717) is 18.7 Å². The number of H-pyrrole nitrogens is 1. The highest BCUT2D eigenvalue weighted by Gasteiger charge is 2.23. The van der Waals surface area contributed by atoms with Gasteiger partial charge in [-0.1, -0.05) is 24.3 Å². The number of rotatable bonds is 6. The molecule has 3 aromatic heterocycles. The Morgan fingerprint density at radius 2 is 2.08 bits per heavy atom. The van der Waals surface area contributed by atoms with E-state index in [9.17, 15) is 8.42 Å². The molecule has 26 heavy (non-hydrogen) atoms. The number of benzene rings is 1. The maximum Gasteiger partial charge on any atom is 0.244 e. The Kier molecular flexibility index (Phi) is 4.39. The first-order valence-electron chi connectivity index (χ1n) is 8.17. The van der Waals surface area contributed by atoms with E-state index in [-0.39, 0.29) is 4.90 Å². The molecule has 2 N–H and O–H groups in total. The first kappa shape index (κ1) is 17.0. The van der Waals surface area contributed by atoms with Gasteiger partial charge in [-0.05, 0) is 29.5 Å². The molecule has 0 aliphatic rings. The number of nitrogens with zero attached hydrogens (tertiary/aromatic N) is 2. The zero-order chi connectivity index (χ0) is 18.1. The van der Waals surface area contributed by atoms with Crippen LogP contribution in [-0.2, 0) is 23.5 Å². The summed E-state index contributed by atoms with van der Waals surface area (Å²) in [4.78, 5) is 4.25. The SMILES string of the molecule is Cn1cc(S(=O)(=O)NCCc2c[nH]c3ccccc23)c(-c2cccs2)n1. The van der Waals surface area contributed by atoms with E-state index in [1.807, 2.05) is 48.0 Å². The zero-order valence-corrected chi connectivity index (χ0v) is 15.8. The quantitative estimate of drug-likeness (QED) is 0.534. The highest BCUT2D eigenvalue weighted by atomic mass is 32.2. The third-order valence-corrected chi connectivity index (χ3v) is 6.54. The van der Waals surface area contributed by atoms with E-state index < -0.39 is 10.0 Å². The Bertz CT molecular complexity index is 1140. The van der Waals surface area contributed by atoms with Crippen LogP contribution < -0.4 is 4.72 Å². The molecule has 0 amide bonds. The minimum absolute atomic E-state index is 0.210. The fourth-order valence-corrected chi connectivity index (χ4v) is 4.99. The highest BCUT2D eigenvalue weighted by molar-refractivity contribution is 7.89. The molecule has 8 heteroatoms. The van der Waals surface area contributed by atoms with Gasteiger partial charge in [0, 0.05) is 36.9 Å². The molecule has 0 fully saturated rings. The molecule has 0 atom stereocenters. The average molecular weight is 387 g/mol. The minimum Gasteiger partial charge on any atom is -0.361 e. The molecule has 0 bridgehead atoms. The van der Waals surface area contributed by atoms with E-state index >= 15 is 0 Å². The van der Waals surface area contributed by atoms with Crippen molar-refractivity contribution in [1.29, 1.82) is 0 Å². The van der Waals surface area contributed by atoms with Crippen LogP contribution in [0.2, 0.25) is 0 Å². The number of sulfonamides is 1. The lowest BCUT2D eigenvalue weighted by Crippen LogP contribution is -2.26. The average Bonchev–Trinajstić information content (AvgIpc) is 3.34. The van der Waals surface area contributed by atoms with E-state index in [1.165, 1.54) is 16.0 Å². The van der Waals surface area contributed by atoms with Gasteiger partial charge in [-0.3, -0.25) is 4.68 Å². The Labute approximate surface area is 155 Å². The number of aromatic amines is 1. The topological polar surface area (TPSA) is 79.8 Å². The number of nitrogens with one attached hydrogen (secondary N) is 2. The van der Waals surface area contributed by atoms with Gasteiger partial charge in [0.2, 0.25) is 10.0 Å². The van der Waals surface area contributed by atoms with Gasteiger partial charge in [0.05, 0.1) is 4.88 Å². The van der Waals surface area contributed by atoms with Gasteiger partial charge < -0.3 is 4.98 Å². The standard InChI is InChI=1S/C18H18N4O2S2/c1-22-12-17(18(21-22)16-7-4-10-25-16)26(23,24)20-9-8-13-11-19-15-6-3-2-5-14(13)15/h2-7,10-12,19-20H,8-9H2,1H3. The predicted octanol–water partition coefficient (Wildman–Crippen LogP) is 3.15. The summed E-state index contributed by atoms with van der Waals surface area (Å²) >= 11 is 1.47. The van der Waals surface area contributed by atoms with E-state index in [0.717, 1.165) is 21.3 Å². The molecule has 0 saturated carbocycles. The molecule has 0 aliphatic carbocycles. The molecule has 0 spiro atoms. The van der Waals surface area contributed by atoms with Crippen molar-refractivity contribution in [2.45, 2.75) is 11.3 Å². The van der Waals surface area contributed by atoms with Gasteiger partial charge in [-0.25, -0.2) is 13.1 Å². The van der Waals surface area contributed by atoms with E-state index in [1.54, 1.807) is 13.2 Å². The predicted molar refractivity (Wildman–Crippen MR) is 104 cm³/mol. The smallest absolute Gasteiger partial charge is 0.244 e. The maximum atomic E-state index is 12.8. The zero-order valence-electron chi connectivity index (χ0n) is 14.1. The lowest BCUT2D eigenvalue weighted by molar-refractivity contribution is 0.582. The van der Waals surface area contributed by atoms with Crippen molar-refractivity contribution in [3.05, 3.63) is 59.7 Å². The third-order valence-electron chi connectivity index (χ3n) is 4.20. The second kappa shape index (κ2) is 6.71. The lowest BCUT2D eigenvalue weighted by atomic mass is 10.1. The summed E-state index contributed by atoms with van der Waals surface area (Å²) in [7, 11) is -1.92. The molecule has 0 radical (unpaired) electrons. The number of hydrogen-bond donors (Lipinski definition) is 2. The van der Waals surface area contributed by atoms with Crippen molar-refractivity contribution >= 4 is 32.3 Å². The van der Waals surface area contributed by atoms with Crippen LogP contribution in [0.25, 0.3) is 21.5 Å². The molecule has 1 aromatic carbocycles. The summed E-state index contributed by atoms with van der Waals surface area (Å²) in [5.41, 5.74) is 2.63. The van der Waals surface area contributed by atoms with Crippen LogP contribution >= 0.6 is 11.3 Å². The molecule has 6 nitrogen and oxygen atoms in total. The monoisotopic (exact) mass is 386 g/mol. The molecule has 0 unspecified atom stereocenters. The number of para-hydroxylation sites is 1. The number of aromatic nitrogens is 3. The van der Waals surface area contributed by atoms with Crippen molar-refractivity contribution in [3.63, 3.8) is 0 Å². The maximum absolute atomic E-state index is 12.8. The number of thiophene rings is 1. The van der Waals surface area contributed by atoms with Crippen molar-refractivity contribution in [2.24, 2.45) is 7.05 Å². The second-order valence-electron chi connectivity index (χ2n) is 6.00. The third kappa shape index (κ3) is 3.18. The number of hydrogen-bond acceptors (Lipinski definition) is 4. The van der Waals surface area contributed by atoms with Gasteiger partial charge in [0.15, 0.2) is 0 Å². The fourth-order valence-electron chi connectivity index (χ4n) is 2.98. The van der Waals surface area contributed by atoms with E-state index in [4.69, 9.17) is 0 Å². The molecule has 134 valence electrons. The summed E-state index contributed by atoms with van der Waals surface area (Å²) in [6, 6.07) is 11.7. The molecule has 0 saturated heterocycles. The Balaban J connectivity index is 1.53. The molecule has 4 aromatic rings. The van der Waals surface area contributed by atoms with Crippen LogP contribution in [0.15, 0.2) is 59.1 Å². The Morgan fingerprint density at radius 1 is 1.23 bits per heavy atom. The first-order valence-corrected chi connectivity index (χ1v) is 10.5. The van der Waals surface area contributed by atoms with Crippen LogP contribution in [-0.4, -0.2) is 29.7 Å². The first-order chi connectivity index (χ1) is 12.5. The van der Waals surface area contributed by atoms with Gasteiger partial charge in [0.25, 0.3) is 0 Å². The van der Waals surface area contributed by atoms with Crippen molar-refractivity contribution in [1.82, 2.24) is 19.5 Å². The van der Waals surface area contributed by atoms with Crippen LogP contribution in [0.1, 0.15) is 5.56 Å². The fraction of sp³-hybridized carbons (Fsp3) is 0.167. The summed E-state index contributed by atoms with van der Waals surface area (Å²) in [5, 5.41) is 7.35. The van der Waals surface area contributed by atoms with Crippen LogP contribution in [0, 0.1) is 0 Å². The summed E-state index contributed by atoms with van der Waals surface area (Å²) in [6.45, 7) is 0.322. The number of aryl methyl sites for hydroxylation is 1.